The second kappa shape index (κ2) is 12.6. The van der Waals surface area contributed by atoms with Crippen molar-refractivity contribution in [1.82, 2.24) is 15.2 Å². The largest absolute Gasteiger partial charge is 0.456 e. The highest BCUT2D eigenvalue weighted by molar-refractivity contribution is 6.20. The number of nitrogens with one attached hydrogen (secondary N) is 2. The molecule has 0 spiro atoms. The maximum Gasteiger partial charge on any atom is 0.143 e. The normalized spacial score (nSPS) is 15.9. The number of aliphatic imine (C=N–C) groups is 1. The van der Waals surface area contributed by atoms with E-state index < -0.39 is 0 Å². The van der Waals surface area contributed by atoms with Crippen LogP contribution in [0.5, 0.6) is 0 Å². The molecule has 11 aromatic rings. The standard InChI is InChI=1S/C51H34N4O2/c1-3-14-31(15-4-1)49-52-50(32-16-5-2-6-17-32)54-51(53-49)33-28-29-38-45(30-33)56-43-26-12-20-36(46(38)43)37-21-11-22-39-47-42(25-13-27-44(47)57-48(37)39)55-40-23-9-7-18-34(40)35-19-8-10-24-41(35)55/h1-30,49-50,52H,(H,53,54). The molecule has 0 amide bonds. The molecule has 12 rings (SSSR count). The summed E-state index contributed by atoms with van der Waals surface area (Å²) in [6.45, 7) is 0. The van der Waals surface area contributed by atoms with Crippen LogP contribution in [0.4, 0.5) is 0 Å². The number of amidine groups is 1. The minimum Gasteiger partial charge on any atom is -0.456 e. The van der Waals surface area contributed by atoms with Gasteiger partial charge in [0.2, 0.25) is 0 Å². The number of para-hydroxylation sites is 3. The Labute approximate surface area is 327 Å². The fourth-order valence-electron chi connectivity index (χ4n) is 8.94. The zero-order valence-corrected chi connectivity index (χ0v) is 30.7. The summed E-state index contributed by atoms with van der Waals surface area (Å²) < 4.78 is 15.9. The molecule has 6 nitrogen and oxygen atoms in total. The first kappa shape index (κ1) is 31.9. The van der Waals surface area contributed by atoms with Crippen LogP contribution in [0.15, 0.2) is 196 Å². The maximum atomic E-state index is 6.86. The molecule has 4 heterocycles. The zero-order chi connectivity index (χ0) is 37.5. The topological polar surface area (TPSA) is 67.6 Å². The monoisotopic (exact) mass is 734 g/mol. The van der Waals surface area contributed by atoms with Crippen molar-refractivity contribution in [3.63, 3.8) is 0 Å². The summed E-state index contributed by atoms with van der Waals surface area (Å²) in [6, 6.07) is 63.7. The summed E-state index contributed by atoms with van der Waals surface area (Å²) in [5, 5.41) is 14.1. The SMILES string of the molecule is c1ccc(C2N=C(c3ccc4c(c3)oc3cccc(-c5cccc6c5oc5cccc(-n7c8ccccc8c8ccccc87)c56)c34)NC(c3ccccc3)N2)cc1. The molecule has 2 atom stereocenters. The molecule has 0 bridgehead atoms. The molecular formula is C51H34N4O2. The minimum atomic E-state index is -0.217. The molecule has 0 saturated carbocycles. The maximum absolute atomic E-state index is 6.86. The second-order valence-electron chi connectivity index (χ2n) is 14.7. The first-order valence-electron chi connectivity index (χ1n) is 19.4. The lowest BCUT2D eigenvalue weighted by Crippen LogP contribution is -2.44. The van der Waals surface area contributed by atoms with Gasteiger partial charge in [-0.1, -0.05) is 140 Å². The van der Waals surface area contributed by atoms with Crippen molar-refractivity contribution in [2.75, 3.05) is 0 Å². The molecule has 270 valence electrons. The molecular weight excluding hydrogens is 701 g/mol. The first-order valence-corrected chi connectivity index (χ1v) is 19.4. The average molecular weight is 735 g/mol. The number of hydrogen-bond acceptors (Lipinski definition) is 5. The lowest BCUT2D eigenvalue weighted by atomic mass is 9.97. The number of rotatable bonds is 5. The van der Waals surface area contributed by atoms with E-state index in [2.05, 4.69) is 185 Å². The van der Waals surface area contributed by atoms with Gasteiger partial charge in [-0.25, -0.2) is 4.99 Å². The third kappa shape index (κ3) is 4.98. The summed E-state index contributed by atoms with van der Waals surface area (Å²) >= 11 is 0. The molecule has 1 aliphatic rings. The van der Waals surface area contributed by atoms with Crippen LogP contribution in [0.1, 0.15) is 29.0 Å². The molecule has 0 aliphatic carbocycles. The van der Waals surface area contributed by atoms with E-state index in [1.165, 1.54) is 21.8 Å². The Kier molecular flexibility index (Phi) is 7.03. The van der Waals surface area contributed by atoms with Crippen LogP contribution < -0.4 is 10.6 Å². The quantitative estimate of drug-likeness (QED) is 0.185. The Hall–Kier alpha value is -7.41. The van der Waals surface area contributed by atoms with Crippen LogP contribution in [-0.4, -0.2) is 10.4 Å². The fraction of sp³-hybridized carbons (Fsp3) is 0.0392. The van der Waals surface area contributed by atoms with E-state index in [1.807, 2.05) is 12.1 Å². The van der Waals surface area contributed by atoms with Crippen molar-refractivity contribution in [2.45, 2.75) is 12.3 Å². The molecule has 2 N–H and O–H groups in total. The highest BCUT2D eigenvalue weighted by Gasteiger charge is 2.26. The van der Waals surface area contributed by atoms with Crippen LogP contribution >= 0.6 is 0 Å². The number of furan rings is 2. The van der Waals surface area contributed by atoms with E-state index in [4.69, 9.17) is 13.8 Å². The molecule has 8 aromatic carbocycles. The van der Waals surface area contributed by atoms with Crippen LogP contribution in [0.2, 0.25) is 0 Å². The third-order valence-electron chi connectivity index (χ3n) is 11.5. The van der Waals surface area contributed by atoms with Gasteiger partial charge < -0.3 is 18.7 Å². The number of fused-ring (bicyclic) bond motifs is 9. The van der Waals surface area contributed by atoms with E-state index in [9.17, 15) is 0 Å². The van der Waals surface area contributed by atoms with Gasteiger partial charge in [-0.15, -0.1) is 0 Å². The summed E-state index contributed by atoms with van der Waals surface area (Å²) in [6.07, 6.45) is -0.341. The van der Waals surface area contributed by atoms with Crippen molar-refractivity contribution < 1.29 is 8.83 Å². The van der Waals surface area contributed by atoms with Gasteiger partial charge in [-0.05, 0) is 59.2 Å². The van der Waals surface area contributed by atoms with E-state index >= 15 is 0 Å². The molecule has 2 unspecified atom stereocenters. The molecule has 0 fully saturated rings. The number of nitrogens with zero attached hydrogens (tertiary/aromatic N) is 2. The minimum absolute atomic E-state index is 0.123. The average Bonchev–Trinajstić information content (AvgIpc) is 3.96. The first-order chi connectivity index (χ1) is 28.3. The lowest BCUT2D eigenvalue weighted by Gasteiger charge is -2.32. The van der Waals surface area contributed by atoms with Crippen molar-refractivity contribution in [3.8, 4) is 16.8 Å². The highest BCUT2D eigenvalue weighted by Crippen LogP contribution is 2.44. The van der Waals surface area contributed by atoms with Gasteiger partial charge in [-0.3, -0.25) is 5.32 Å². The number of hydrogen-bond donors (Lipinski definition) is 2. The lowest BCUT2D eigenvalue weighted by molar-refractivity contribution is 0.409. The van der Waals surface area contributed by atoms with E-state index in [-0.39, 0.29) is 12.3 Å². The smallest absolute Gasteiger partial charge is 0.143 e. The summed E-state index contributed by atoms with van der Waals surface area (Å²) in [4.78, 5) is 5.18. The summed E-state index contributed by atoms with van der Waals surface area (Å²) in [5.41, 5.74) is 12.1. The van der Waals surface area contributed by atoms with Crippen molar-refractivity contribution in [2.24, 2.45) is 4.99 Å². The van der Waals surface area contributed by atoms with Crippen LogP contribution in [0.3, 0.4) is 0 Å². The van der Waals surface area contributed by atoms with Gasteiger partial charge in [0, 0.05) is 38.1 Å². The molecule has 1 aliphatic heterocycles. The second-order valence-corrected chi connectivity index (χ2v) is 14.7. The predicted molar refractivity (Wildman–Crippen MR) is 232 cm³/mol. The Morgan fingerprint density at radius 2 is 1.11 bits per heavy atom. The van der Waals surface area contributed by atoms with E-state index in [1.54, 1.807) is 0 Å². The van der Waals surface area contributed by atoms with Gasteiger partial charge in [0.15, 0.2) is 0 Å². The summed E-state index contributed by atoms with van der Waals surface area (Å²) in [5.74, 6) is 0.810. The van der Waals surface area contributed by atoms with E-state index in [0.717, 1.165) is 83.2 Å². The third-order valence-corrected chi connectivity index (χ3v) is 11.5. The van der Waals surface area contributed by atoms with Crippen molar-refractivity contribution >= 4 is 71.5 Å². The number of aromatic nitrogens is 1. The summed E-state index contributed by atoms with van der Waals surface area (Å²) in [7, 11) is 0. The Morgan fingerprint density at radius 3 is 1.88 bits per heavy atom. The molecule has 0 saturated heterocycles. The highest BCUT2D eigenvalue weighted by atomic mass is 16.3. The molecule has 57 heavy (non-hydrogen) atoms. The molecule has 3 aromatic heterocycles. The Morgan fingerprint density at radius 1 is 0.474 bits per heavy atom. The van der Waals surface area contributed by atoms with Crippen LogP contribution in [0, 0.1) is 0 Å². The van der Waals surface area contributed by atoms with E-state index in [0.29, 0.717) is 0 Å². The van der Waals surface area contributed by atoms with Gasteiger partial charge in [0.1, 0.15) is 40.5 Å². The fourth-order valence-corrected chi connectivity index (χ4v) is 8.94. The molecule has 0 radical (unpaired) electrons. The molecule has 6 heteroatoms. The van der Waals surface area contributed by atoms with Gasteiger partial charge in [0.25, 0.3) is 0 Å². The van der Waals surface area contributed by atoms with Gasteiger partial charge >= 0.3 is 0 Å². The van der Waals surface area contributed by atoms with Gasteiger partial charge in [0.05, 0.1) is 22.1 Å². The van der Waals surface area contributed by atoms with Crippen molar-refractivity contribution in [1.29, 1.82) is 0 Å². The Bertz CT molecular complexity index is 3320. The van der Waals surface area contributed by atoms with Gasteiger partial charge in [-0.2, -0.15) is 0 Å². The van der Waals surface area contributed by atoms with Crippen LogP contribution in [-0.2, 0) is 0 Å². The Balaban J connectivity index is 1.01. The van der Waals surface area contributed by atoms with Crippen LogP contribution in [0.25, 0.3) is 82.5 Å². The number of benzene rings is 8. The van der Waals surface area contributed by atoms with Crippen molar-refractivity contribution in [3.05, 3.63) is 199 Å². The zero-order valence-electron chi connectivity index (χ0n) is 30.7. The predicted octanol–water partition coefficient (Wildman–Crippen LogP) is 12.6.